The summed E-state index contributed by atoms with van der Waals surface area (Å²) in [6, 6.07) is 2.94. The number of ether oxygens (including phenoxy) is 1. The molecule has 0 bridgehead atoms. The standard InChI is InChI=1S/C14H20FNO2/c1-2-14(17,9-11-5-7-18-8-6-11)13-4-3-12(15)10-16-13/h3-4,10-11,17H,2,5-9H2,1H3. The Morgan fingerprint density at radius 3 is 2.72 bits per heavy atom. The SMILES string of the molecule is CCC(O)(CC1CCOCC1)c1ccc(F)cn1. The summed E-state index contributed by atoms with van der Waals surface area (Å²) in [5.41, 5.74) is -0.381. The fourth-order valence-electron chi connectivity index (χ4n) is 2.51. The van der Waals surface area contributed by atoms with Crippen LogP contribution in [0.15, 0.2) is 18.3 Å². The maximum Gasteiger partial charge on any atom is 0.141 e. The first-order valence-corrected chi connectivity index (χ1v) is 6.56. The predicted molar refractivity (Wildman–Crippen MR) is 66.5 cm³/mol. The molecule has 0 saturated carbocycles. The third kappa shape index (κ3) is 3.06. The maximum atomic E-state index is 12.9. The molecule has 1 N–H and O–H groups in total. The molecule has 1 aliphatic heterocycles. The van der Waals surface area contributed by atoms with E-state index in [9.17, 15) is 9.50 Å². The summed E-state index contributed by atoms with van der Waals surface area (Å²) in [6.45, 7) is 3.47. The normalized spacial score (nSPS) is 20.6. The Morgan fingerprint density at radius 2 is 2.17 bits per heavy atom. The monoisotopic (exact) mass is 253 g/mol. The molecular weight excluding hydrogens is 233 g/mol. The molecule has 1 unspecified atom stereocenters. The molecule has 3 nitrogen and oxygen atoms in total. The van der Waals surface area contributed by atoms with Crippen LogP contribution in [0.4, 0.5) is 4.39 Å². The number of aliphatic hydroxyl groups is 1. The largest absolute Gasteiger partial charge is 0.384 e. The number of nitrogens with zero attached hydrogens (tertiary/aromatic N) is 1. The number of halogens is 1. The number of rotatable bonds is 4. The molecule has 1 aliphatic rings. The van der Waals surface area contributed by atoms with Gasteiger partial charge in [-0.2, -0.15) is 0 Å². The van der Waals surface area contributed by atoms with Crippen molar-refractivity contribution in [2.24, 2.45) is 5.92 Å². The molecule has 1 aromatic heterocycles. The van der Waals surface area contributed by atoms with Gasteiger partial charge in [-0.3, -0.25) is 4.98 Å². The van der Waals surface area contributed by atoms with Gasteiger partial charge in [0, 0.05) is 13.2 Å². The van der Waals surface area contributed by atoms with Crippen LogP contribution in [0.1, 0.15) is 38.3 Å². The molecule has 100 valence electrons. The topological polar surface area (TPSA) is 42.4 Å². The lowest BCUT2D eigenvalue weighted by Gasteiger charge is -2.32. The first-order valence-electron chi connectivity index (χ1n) is 6.56. The van der Waals surface area contributed by atoms with Gasteiger partial charge in [-0.05, 0) is 43.7 Å². The van der Waals surface area contributed by atoms with Gasteiger partial charge in [-0.1, -0.05) is 6.92 Å². The van der Waals surface area contributed by atoms with E-state index in [1.54, 1.807) is 6.07 Å². The van der Waals surface area contributed by atoms with Crippen molar-refractivity contribution in [3.05, 3.63) is 29.8 Å². The highest BCUT2D eigenvalue weighted by Crippen LogP contribution is 2.34. The van der Waals surface area contributed by atoms with Crippen LogP contribution in [0.2, 0.25) is 0 Å². The van der Waals surface area contributed by atoms with Crippen LogP contribution >= 0.6 is 0 Å². The van der Waals surface area contributed by atoms with Crippen molar-refractivity contribution < 1.29 is 14.2 Å². The molecule has 1 aromatic rings. The Hall–Kier alpha value is -1.00. The molecule has 2 heterocycles. The van der Waals surface area contributed by atoms with Crippen molar-refractivity contribution in [3.8, 4) is 0 Å². The van der Waals surface area contributed by atoms with Crippen LogP contribution in [-0.2, 0) is 10.3 Å². The number of hydrogen-bond donors (Lipinski definition) is 1. The van der Waals surface area contributed by atoms with Gasteiger partial charge < -0.3 is 9.84 Å². The third-order valence-electron chi connectivity index (χ3n) is 3.76. The van der Waals surface area contributed by atoms with Crippen LogP contribution in [0.3, 0.4) is 0 Å². The summed E-state index contributed by atoms with van der Waals surface area (Å²) >= 11 is 0. The zero-order valence-electron chi connectivity index (χ0n) is 10.7. The minimum Gasteiger partial charge on any atom is -0.384 e. The molecule has 2 rings (SSSR count). The molecule has 1 fully saturated rings. The van der Waals surface area contributed by atoms with Gasteiger partial charge in [0.15, 0.2) is 0 Å². The molecule has 0 radical (unpaired) electrons. The van der Waals surface area contributed by atoms with E-state index in [4.69, 9.17) is 4.74 Å². The van der Waals surface area contributed by atoms with Crippen molar-refractivity contribution >= 4 is 0 Å². The summed E-state index contributed by atoms with van der Waals surface area (Å²) in [7, 11) is 0. The summed E-state index contributed by atoms with van der Waals surface area (Å²) in [5, 5.41) is 10.7. The molecule has 18 heavy (non-hydrogen) atoms. The Labute approximate surface area is 107 Å². The number of hydrogen-bond acceptors (Lipinski definition) is 3. The van der Waals surface area contributed by atoms with Gasteiger partial charge in [0.05, 0.1) is 11.9 Å². The second-order valence-electron chi connectivity index (χ2n) is 5.01. The lowest BCUT2D eigenvalue weighted by Crippen LogP contribution is -2.31. The van der Waals surface area contributed by atoms with E-state index >= 15 is 0 Å². The quantitative estimate of drug-likeness (QED) is 0.897. The average Bonchev–Trinajstić information content (AvgIpc) is 2.40. The fraction of sp³-hybridized carbons (Fsp3) is 0.643. The molecule has 0 amide bonds. The van der Waals surface area contributed by atoms with E-state index in [-0.39, 0.29) is 5.82 Å². The third-order valence-corrected chi connectivity index (χ3v) is 3.76. The van der Waals surface area contributed by atoms with Crippen molar-refractivity contribution in [2.75, 3.05) is 13.2 Å². The first-order chi connectivity index (χ1) is 8.64. The van der Waals surface area contributed by atoms with Gasteiger partial charge in [0.1, 0.15) is 11.4 Å². The highest BCUT2D eigenvalue weighted by atomic mass is 19.1. The summed E-state index contributed by atoms with van der Waals surface area (Å²) in [4.78, 5) is 4.03. The van der Waals surface area contributed by atoms with Crippen LogP contribution in [-0.4, -0.2) is 23.3 Å². The van der Waals surface area contributed by atoms with Crippen LogP contribution in [0, 0.1) is 11.7 Å². The van der Waals surface area contributed by atoms with Gasteiger partial charge in [0.25, 0.3) is 0 Å². The zero-order chi connectivity index (χ0) is 13.0. The van der Waals surface area contributed by atoms with Gasteiger partial charge in [0.2, 0.25) is 0 Å². The Balaban J connectivity index is 2.10. The molecule has 0 aromatic carbocycles. The lowest BCUT2D eigenvalue weighted by atomic mass is 9.82. The van der Waals surface area contributed by atoms with Gasteiger partial charge in [-0.15, -0.1) is 0 Å². The van der Waals surface area contributed by atoms with Crippen molar-refractivity contribution in [1.82, 2.24) is 4.98 Å². The minimum atomic E-state index is -0.949. The highest BCUT2D eigenvalue weighted by Gasteiger charge is 2.32. The van der Waals surface area contributed by atoms with Crippen molar-refractivity contribution in [3.63, 3.8) is 0 Å². The van der Waals surface area contributed by atoms with E-state index in [0.29, 0.717) is 24.5 Å². The van der Waals surface area contributed by atoms with E-state index in [0.717, 1.165) is 26.1 Å². The number of aromatic nitrogens is 1. The molecule has 1 saturated heterocycles. The zero-order valence-corrected chi connectivity index (χ0v) is 10.7. The van der Waals surface area contributed by atoms with E-state index in [2.05, 4.69) is 4.98 Å². The smallest absolute Gasteiger partial charge is 0.141 e. The van der Waals surface area contributed by atoms with Crippen molar-refractivity contribution in [2.45, 2.75) is 38.2 Å². The molecule has 1 atom stereocenters. The molecule has 0 spiro atoms. The molecule has 0 aliphatic carbocycles. The van der Waals surface area contributed by atoms with Crippen LogP contribution in [0.25, 0.3) is 0 Å². The predicted octanol–water partition coefficient (Wildman–Crippen LogP) is 2.64. The molecule has 4 heteroatoms. The lowest BCUT2D eigenvalue weighted by molar-refractivity contribution is -0.0214. The van der Waals surface area contributed by atoms with Crippen LogP contribution in [0.5, 0.6) is 0 Å². The maximum absolute atomic E-state index is 12.9. The van der Waals surface area contributed by atoms with E-state index < -0.39 is 5.60 Å². The Morgan fingerprint density at radius 1 is 1.44 bits per heavy atom. The Bertz CT molecular complexity index is 376. The van der Waals surface area contributed by atoms with Gasteiger partial charge >= 0.3 is 0 Å². The Kier molecular flexibility index (Phi) is 4.30. The fourth-order valence-corrected chi connectivity index (χ4v) is 2.51. The van der Waals surface area contributed by atoms with E-state index in [1.807, 2.05) is 6.92 Å². The summed E-state index contributed by atoms with van der Waals surface area (Å²) < 4.78 is 18.2. The van der Waals surface area contributed by atoms with Crippen molar-refractivity contribution in [1.29, 1.82) is 0 Å². The summed E-state index contributed by atoms with van der Waals surface area (Å²) in [6.07, 6.45) is 4.38. The average molecular weight is 253 g/mol. The molecular formula is C14H20FNO2. The van der Waals surface area contributed by atoms with Gasteiger partial charge in [-0.25, -0.2) is 4.39 Å². The summed E-state index contributed by atoms with van der Waals surface area (Å²) in [5.74, 6) is 0.0822. The number of pyridine rings is 1. The minimum absolute atomic E-state index is 0.372. The second kappa shape index (κ2) is 5.76. The highest BCUT2D eigenvalue weighted by molar-refractivity contribution is 5.13. The second-order valence-corrected chi connectivity index (χ2v) is 5.01. The van der Waals surface area contributed by atoms with E-state index in [1.165, 1.54) is 12.3 Å². The first kappa shape index (κ1) is 13.4. The van der Waals surface area contributed by atoms with Crippen LogP contribution < -0.4 is 0 Å².